The van der Waals surface area contributed by atoms with Gasteiger partial charge in [0.25, 0.3) is 0 Å². The number of nitrogens with zero attached hydrogens (tertiary/aromatic N) is 5. The first-order chi connectivity index (χ1) is 18.6. The van der Waals surface area contributed by atoms with E-state index in [9.17, 15) is 9.59 Å². The van der Waals surface area contributed by atoms with Gasteiger partial charge in [-0.3, -0.25) is 4.90 Å². The highest BCUT2D eigenvalue weighted by Crippen LogP contribution is 2.38. The first-order valence-electron chi connectivity index (χ1n) is 12.4. The minimum atomic E-state index is -0.633. The molecule has 1 atom stereocenters. The van der Waals surface area contributed by atoms with Gasteiger partial charge in [0.05, 0.1) is 18.2 Å². The minimum Gasteiger partial charge on any atom is -0.457 e. The highest BCUT2D eigenvalue weighted by Gasteiger charge is 2.42. The van der Waals surface area contributed by atoms with Crippen molar-refractivity contribution in [1.82, 2.24) is 30.4 Å². The maximum atomic E-state index is 14.0. The molecule has 0 fully saturated rings. The van der Waals surface area contributed by atoms with Crippen molar-refractivity contribution in [3.8, 4) is 0 Å². The van der Waals surface area contributed by atoms with Crippen LogP contribution in [0.2, 0.25) is 0 Å². The zero-order valence-corrected chi connectivity index (χ0v) is 21.0. The van der Waals surface area contributed by atoms with Gasteiger partial charge in [-0.1, -0.05) is 96.2 Å². The van der Waals surface area contributed by atoms with Crippen LogP contribution in [0.15, 0.2) is 102 Å². The largest absolute Gasteiger partial charge is 0.457 e. The van der Waals surface area contributed by atoms with E-state index in [0.29, 0.717) is 30.1 Å². The number of tetrazole rings is 1. The molecule has 9 nitrogen and oxygen atoms in total. The molecule has 5 rings (SSSR count). The summed E-state index contributed by atoms with van der Waals surface area (Å²) in [4.78, 5) is 31.1. The molecule has 1 aliphatic heterocycles. The lowest BCUT2D eigenvalue weighted by Gasteiger charge is -2.43. The second-order valence-electron chi connectivity index (χ2n) is 9.00. The molecule has 2 amide bonds. The van der Waals surface area contributed by atoms with Crippen molar-refractivity contribution in [2.45, 2.75) is 32.5 Å². The molecule has 0 bridgehead atoms. The van der Waals surface area contributed by atoms with E-state index in [2.05, 4.69) is 20.6 Å². The number of amides is 2. The topological polar surface area (TPSA) is 104 Å². The summed E-state index contributed by atoms with van der Waals surface area (Å²) in [6.45, 7) is 2.55. The average molecular weight is 509 g/mol. The molecule has 1 aromatic heterocycles. The van der Waals surface area contributed by atoms with Crippen molar-refractivity contribution >= 4 is 12.0 Å². The van der Waals surface area contributed by atoms with Gasteiger partial charge in [0, 0.05) is 18.7 Å². The molecule has 1 aliphatic rings. The monoisotopic (exact) mass is 508 g/mol. The Morgan fingerprint density at radius 3 is 2.18 bits per heavy atom. The van der Waals surface area contributed by atoms with Crippen LogP contribution in [0.1, 0.15) is 35.5 Å². The fourth-order valence-electron chi connectivity index (χ4n) is 4.64. The Labute approximate surface area is 220 Å². The molecular formula is C29H28N6O3. The fraction of sp³-hybridized carbons (Fsp3) is 0.207. The normalized spacial score (nSPS) is 15.6. The van der Waals surface area contributed by atoms with Gasteiger partial charge in [-0.2, -0.15) is 5.21 Å². The third-order valence-electron chi connectivity index (χ3n) is 6.55. The Hall–Kier alpha value is -4.79. The maximum Gasteiger partial charge on any atom is 0.338 e. The summed E-state index contributed by atoms with van der Waals surface area (Å²) in [6.07, 6.45) is 0.371. The summed E-state index contributed by atoms with van der Waals surface area (Å²) in [5.74, 6) is 0.0222. The molecule has 1 unspecified atom stereocenters. The van der Waals surface area contributed by atoms with Crippen LogP contribution >= 0.6 is 0 Å². The number of aromatic nitrogens is 4. The van der Waals surface area contributed by atoms with E-state index in [0.717, 1.165) is 16.7 Å². The van der Waals surface area contributed by atoms with E-state index in [1.165, 1.54) is 0 Å². The number of H-pyrrole nitrogens is 1. The number of urea groups is 1. The molecule has 4 aromatic rings. The number of allylic oxidation sites excluding steroid dienone is 1. The number of benzene rings is 3. The summed E-state index contributed by atoms with van der Waals surface area (Å²) >= 11 is 0. The van der Waals surface area contributed by atoms with Crippen LogP contribution < -0.4 is 0 Å². The predicted octanol–water partition coefficient (Wildman–Crippen LogP) is 4.44. The highest BCUT2D eigenvalue weighted by molar-refractivity contribution is 5.95. The molecule has 1 N–H and O–H groups in total. The van der Waals surface area contributed by atoms with Gasteiger partial charge in [0.15, 0.2) is 5.82 Å². The Balaban J connectivity index is 1.55. The molecule has 0 saturated heterocycles. The Bertz CT molecular complexity index is 1390. The molecule has 3 aromatic carbocycles. The number of aromatic amines is 1. The fourth-order valence-corrected chi connectivity index (χ4v) is 4.64. The minimum absolute atomic E-state index is 0.132. The molecule has 192 valence electrons. The van der Waals surface area contributed by atoms with E-state index in [-0.39, 0.29) is 19.2 Å². The van der Waals surface area contributed by atoms with E-state index in [1.807, 2.05) is 97.9 Å². The highest BCUT2D eigenvalue weighted by atomic mass is 16.5. The van der Waals surface area contributed by atoms with Gasteiger partial charge in [-0.15, -0.1) is 10.2 Å². The molecular weight excluding hydrogens is 480 g/mol. The lowest BCUT2D eigenvalue weighted by molar-refractivity contribution is -0.141. The van der Waals surface area contributed by atoms with Crippen LogP contribution in [0.5, 0.6) is 0 Å². The Kier molecular flexibility index (Phi) is 7.54. The molecule has 0 saturated carbocycles. The van der Waals surface area contributed by atoms with Crippen LogP contribution in [0.25, 0.3) is 0 Å². The van der Waals surface area contributed by atoms with Crippen molar-refractivity contribution in [2.75, 3.05) is 6.54 Å². The van der Waals surface area contributed by atoms with Gasteiger partial charge in [-0.05, 0) is 23.6 Å². The van der Waals surface area contributed by atoms with Crippen molar-refractivity contribution in [1.29, 1.82) is 0 Å². The Morgan fingerprint density at radius 1 is 0.921 bits per heavy atom. The lowest BCUT2D eigenvalue weighted by Crippen LogP contribution is -2.51. The number of carbonyl (C=O) groups is 2. The molecule has 0 radical (unpaired) electrons. The number of hydrogen-bond acceptors (Lipinski definition) is 6. The summed E-state index contributed by atoms with van der Waals surface area (Å²) in [5, 5.41) is 14.2. The number of rotatable bonds is 9. The van der Waals surface area contributed by atoms with Crippen LogP contribution in [-0.4, -0.2) is 49.0 Å². The SMILES string of the molecule is CC1=C(C(=O)OCc2ccccc2)C(c2ccccc2)N(CCc2nn[nH]n2)C(=O)N1Cc1ccccc1. The van der Waals surface area contributed by atoms with Crippen LogP contribution in [0, 0.1) is 0 Å². The van der Waals surface area contributed by atoms with Gasteiger partial charge in [0.2, 0.25) is 0 Å². The zero-order chi connectivity index (χ0) is 26.3. The van der Waals surface area contributed by atoms with Crippen molar-refractivity contribution in [3.63, 3.8) is 0 Å². The lowest BCUT2D eigenvalue weighted by atomic mass is 9.92. The van der Waals surface area contributed by atoms with Gasteiger partial charge in [0.1, 0.15) is 6.61 Å². The molecule has 38 heavy (non-hydrogen) atoms. The van der Waals surface area contributed by atoms with Crippen LogP contribution in [-0.2, 0) is 29.1 Å². The van der Waals surface area contributed by atoms with E-state index < -0.39 is 12.0 Å². The quantitative estimate of drug-likeness (QED) is 0.335. The number of nitrogens with one attached hydrogen (secondary N) is 1. The number of hydrogen-bond donors (Lipinski definition) is 1. The molecule has 0 aliphatic carbocycles. The third kappa shape index (κ3) is 5.46. The summed E-state index contributed by atoms with van der Waals surface area (Å²) in [6, 6.07) is 28.0. The van der Waals surface area contributed by atoms with Gasteiger partial charge >= 0.3 is 12.0 Å². The number of ether oxygens (including phenoxy) is 1. The molecule has 2 heterocycles. The smallest absolute Gasteiger partial charge is 0.338 e. The predicted molar refractivity (Wildman–Crippen MR) is 140 cm³/mol. The summed E-state index contributed by atoms with van der Waals surface area (Å²) < 4.78 is 5.82. The average Bonchev–Trinajstić information content (AvgIpc) is 3.48. The van der Waals surface area contributed by atoms with Gasteiger partial charge < -0.3 is 9.64 Å². The van der Waals surface area contributed by atoms with E-state index in [4.69, 9.17) is 4.74 Å². The van der Waals surface area contributed by atoms with Crippen molar-refractivity contribution in [2.24, 2.45) is 0 Å². The first kappa shape index (κ1) is 24.9. The first-order valence-corrected chi connectivity index (χ1v) is 12.4. The van der Waals surface area contributed by atoms with Crippen molar-refractivity contribution < 1.29 is 14.3 Å². The Morgan fingerprint density at radius 2 is 1.55 bits per heavy atom. The maximum absolute atomic E-state index is 14.0. The zero-order valence-electron chi connectivity index (χ0n) is 21.0. The molecule has 0 spiro atoms. The van der Waals surface area contributed by atoms with Gasteiger partial charge in [-0.25, -0.2) is 9.59 Å². The van der Waals surface area contributed by atoms with E-state index >= 15 is 0 Å². The van der Waals surface area contributed by atoms with Crippen molar-refractivity contribution in [3.05, 3.63) is 125 Å². The van der Waals surface area contributed by atoms with E-state index in [1.54, 1.807) is 9.80 Å². The van der Waals surface area contributed by atoms with Crippen LogP contribution in [0.4, 0.5) is 4.79 Å². The summed E-state index contributed by atoms with van der Waals surface area (Å²) in [5.41, 5.74) is 3.66. The molecule has 9 heteroatoms. The summed E-state index contributed by atoms with van der Waals surface area (Å²) in [7, 11) is 0. The third-order valence-corrected chi connectivity index (χ3v) is 6.55. The second-order valence-corrected chi connectivity index (χ2v) is 9.00. The van der Waals surface area contributed by atoms with Crippen LogP contribution in [0.3, 0.4) is 0 Å². The second kappa shape index (κ2) is 11.5. The standard InChI is InChI=1S/C29H28N6O3/c1-21-26(28(36)38-20-23-13-7-3-8-14-23)27(24-15-9-4-10-16-24)34(18-17-25-30-32-33-31-25)29(37)35(21)19-22-11-5-2-6-12-22/h2-16,27H,17-20H2,1H3,(H,30,31,32,33). The number of esters is 1. The number of carbonyl (C=O) groups excluding carboxylic acids is 2.